The Labute approximate surface area is 77.9 Å². The first kappa shape index (κ1) is 8.51. The Kier molecular flexibility index (Phi) is 2.19. The highest BCUT2D eigenvalue weighted by Crippen LogP contribution is 2.28. The van der Waals surface area contributed by atoms with E-state index in [9.17, 15) is 0 Å². The van der Waals surface area contributed by atoms with Crippen molar-refractivity contribution in [2.24, 2.45) is 5.73 Å². The molecule has 0 amide bonds. The molecule has 70 valence electrons. The fourth-order valence-corrected chi connectivity index (χ4v) is 1.82. The monoisotopic (exact) mass is 178 g/mol. The summed E-state index contributed by atoms with van der Waals surface area (Å²) in [5.41, 5.74) is 8.44. The highest BCUT2D eigenvalue weighted by Gasteiger charge is 2.17. The van der Waals surface area contributed by atoms with E-state index in [1.807, 2.05) is 12.3 Å². The van der Waals surface area contributed by atoms with Crippen molar-refractivity contribution in [3.63, 3.8) is 0 Å². The number of pyridine rings is 1. The number of fused-ring (bicyclic) bond motifs is 1. The summed E-state index contributed by atoms with van der Waals surface area (Å²) in [7, 11) is 1.64. The first-order valence-electron chi connectivity index (χ1n) is 4.59. The van der Waals surface area contributed by atoms with Gasteiger partial charge in [-0.15, -0.1) is 0 Å². The molecule has 1 unspecified atom stereocenters. The van der Waals surface area contributed by atoms with Gasteiger partial charge >= 0.3 is 0 Å². The molecule has 0 saturated heterocycles. The number of nitrogens with two attached hydrogens (primary N) is 1. The van der Waals surface area contributed by atoms with Crippen LogP contribution < -0.4 is 10.5 Å². The molecule has 1 aliphatic rings. The predicted molar refractivity (Wildman–Crippen MR) is 50.7 cm³/mol. The average molecular weight is 178 g/mol. The van der Waals surface area contributed by atoms with Crippen molar-refractivity contribution in [3.05, 3.63) is 23.4 Å². The van der Waals surface area contributed by atoms with Crippen LogP contribution in [-0.2, 0) is 6.42 Å². The second-order valence-corrected chi connectivity index (χ2v) is 3.42. The van der Waals surface area contributed by atoms with Gasteiger partial charge in [0.15, 0.2) is 0 Å². The van der Waals surface area contributed by atoms with Gasteiger partial charge < -0.3 is 10.5 Å². The van der Waals surface area contributed by atoms with Crippen LogP contribution in [0.3, 0.4) is 0 Å². The van der Waals surface area contributed by atoms with Crippen LogP contribution in [0.2, 0.25) is 0 Å². The largest absolute Gasteiger partial charge is 0.481 e. The molecule has 0 saturated carbocycles. The maximum atomic E-state index is 5.96. The van der Waals surface area contributed by atoms with Crippen LogP contribution in [0.1, 0.15) is 30.0 Å². The van der Waals surface area contributed by atoms with E-state index >= 15 is 0 Å². The molecule has 1 aromatic heterocycles. The number of ether oxygens (including phenoxy) is 1. The molecule has 0 radical (unpaired) electrons. The van der Waals surface area contributed by atoms with Crippen LogP contribution in [0, 0.1) is 0 Å². The SMILES string of the molecule is COc1cc2c(cn1)C(N)CCC2. The Balaban J connectivity index is 2.39. The molecule has 0 aromatic carbocycles. The fraction of sp³-hybridized carbons (Fsp3) is 0.500. The fourth-order valence-electron chi connectivity index (χ4n) is 1.82. The molecule has 1 aromatic rings. The first-order valence-corrected chi connectivity index (χ1v) is 4.59. The first-order chi connectivity index (χ1) is 6.31. The Morgan fingerprint density at radius 2 is 2.46 bits per heavy atom. The van der Waals surface area contributed by atoms with E-state index in [1.165, 1.54) is 17.5 Å². The van der Waals surface area contributed by atoms with E-state index in [1.54, 1.807) is 7.11 Å². The van der Waals surface area contributed by atoms with Gasteiger partial charge in [-0.05, 0) is 30.4 Å². The van der Waals surface area contributed by atoms with Crippen LogP contribution >= 0.6 is 0 Å². The molecule has 3 heteroatoms. The quantitative estimate of drug-likeness (QED) is 0.707. The zero-order valence-corrected chi connectivity index (χ0v) is 7.79. The lowest BCUT2D eigenvalue weighted by atomic mass is 9.90. The minimum Gasteiger partial charge on any atom is -0.481 e. The molecule has 13 heavy (non-hydrogen) atoms. The van der Waals surface area contributed by atoms with Gasteiger partial charge in [0.25, 0.3) is 0 Å². The van der Waals surface area contributed by atoms with E-state index < -0.39 is 0 Å². The molecule has 2 rings (SSSR count). The summed E-state index contributed by atoms with van der Waals surface area (Å²) in [6.07, 6.45) is 5.18. The van der Waals surface area contributed by atoms with Crippen LogP contribution in [0.5, 0.6) is 5.88 Å². The van der Waals surface area contributed by atoms with Gasteiger partial charge in [0, 0.05) is 18.3 Å². The Hall–Kier alpha value is -1.09. The number of nitrogens with zero attached hydrogens (tertiary/aromatic N) is 1. The lowest BCUT2D eigenvalue weighted by molar-refractivity contribution is 0.395. The average Bonchev–Trinajstić information content (AvgIpc) is 2.18. The lowest BCUT2D eigenvalue weighted by Gasteiger charge is -2.21. The molecule has 0 fully saturated rings. The molecule has 2 N–H and O–H groups in total. The van der Waals surface area contributed by atoms with E-state index in [0.717, 1.165) is 12.8 Å². The molecule has 1 atom stereocenters. The minimum absolute atomic E-state index is 0.169. The highest BCUT2D eigenvalue weighted by molar-refractivity contribution is 5.33. The molecule has 0 aliphatic heterocycles. The van der Waals surface area contributed by atoms with Gasteiger partial charge in [0.05, 0.1) is 7.11 Å². The van der Waals surface area contributed by atoms with Crippen LogP contribution in [0.15, 0.2) is 12.3 Å². The van der Waals surface area contributed by atoms with E-state index in [2.05, 4.69) is 4.98 Å². The number of hydrogen-bond donors (Lipinski definition) is 1. The van der Waals surface area contributed by atoms with Crippen molar-refractivity contribution < 1.29 is 4.74 Å². The van der Waals surface area contributed by atoms with Crippen LogP contribution in [0.4, 0.5) is 0 Å². The number of hydrogen-bond acceptors (Lipinski definition) is 3. The van der Waals surface area contributed by atoms with E-state index in [0.29, 0.717) is 5.88 Å². The summed E-state index contributed by atoms with van der Waals surface area (Å²) in [4.78, 5) is 4.16. The topological polar surface area (TPSA) is 48.1 Å². The minimum atomic E-state index is 0.169. The normalized spacial score (nSPS) is 20.9. The zero-order valence-electron chi connectivity index (χ0n) is 7.79. The summed E-state index contributed by atoms with van der Waals surface area (Å²) in [5, 5.41) is 0. The summed E-state index contributed by atoms with van der Waals surface area (Å²) in [6, 6.07) is 2.16. The van der Waals surface area contributed by atoms with E-state index in [4.69, 9.17) is 10.5 Å². The molecule has 0 spiro atoms. The number of methoxy groups -OCH3 is 1. The van der Waals surface area contributed by atoms with Crippen molar-refractivity contribution in [1.29, 1.82) is 0 Å². The van der Waals surface area contributed by atoms with Gasteiger partial charge in [0.2, 0.25) is 5.88 Å². The Bertz CT molecular complexity index is 312. The molecular weight excluding hydrogens is 164 g/mol. The molecule has 1 aliphatic carbocycles. The molecule has 1 heterocycles. The number of aryl methyl sites for hydroxylation is 1. The Morgan fingerprint density at radius 1 is 1.62 bits per heavy atom. The van der Waals surface area contributed by atoms with Crippen molar-refractivity contribution in [2.45, 2.75) is 25.3 Å². The number of aromatic nitrogens is 1. The van der Waals surface area contributed by atoms with Gasteiger partial charge in [-0.3, -0.25) is 0 Å². The second kappa shape index (κ2) is 3.34. The van der Waals surface area contributed by atoms with Crippen molar-refractivity contribution >= 4 is 0 Å². The molecular formula is C10H14N2O. The van der Waals surface area contributed by atoms with Gasteiger partial charge in [-0.2, -0.15) is 0 Å². The number of rotatable bonds is 1. The third-order valence-electron chi connectivity index (χ3n) is 2.57. The summed E-state index contributed by atoms with van der Waals surface area (Å²) >= 11 is 0. The van der Waals surface area contributed by atoms with Crippen LogP contribution in [-0.4, -0.2) is 12.1 Å². The summed E-state index contributed by atoms with van der Waals surface area (Å²) in [6.45, 7) is 0. The van der Waals surface area contributed by atoms with Crippen LogP contribution in [0.25, 0.3) is 0 Å². The molecule has 3 nitrogen and oxygen atoms in total. The maximum absolute atomic E-state index is 5.96. The lowest BCUT2D eigenvalue weighted by Crippen LogP contribution is -2.17. The van der Waals surface area contributed by atoms with Crippen molar-refractivity contribution in [3.8, 4) is 5.88 Å². The standard InChI is InChI=1S/C10H14N2O/c1-13-10-5-7-3-2-4-9(11)8(7)6-12-10/h5-6,9H,2-4,11H2,1H3. The Morgan fingerprint density at radius 3 is 3.23 bits per heavy atom. The summed E-state index contributed by atoms with van der Waals surface area (Å²) < 4.78 is 5.06. The summed E-state index contributed by atoms with van der Waals surface area (Å²) in [5.74, 6) is 0.688. The van der Waals surface area contributed by atoms with Gasteiger partial charge in [0.1, 0.15) is 0 Å². The second-order valence-electron chi connectivity index (χ2n) is 3.42. The third-order valence-corrected chi connectivity index (χ3v) is 2.57. The highest BCUT2D eigenvalue weighted by atomic mass is 16.5. The third kappa shape index (κ3) is 1.52. The van der Waals surface area contributed by atoms with Crippen molar-refractivity contribution in [1.82, 2.24) is 4.98 Å². The zero-order chi connectivity index (χ0) is 9.26. The van der Waals surface area contributed by atoms with Crippen molar-refractivity contribution in [2.75, 3.05) is 7.11 Å². The smallest absolute Gasteiger partial charge is 0.213 e. The molecule has 0 bridgehead atoms. The van der Waals surface area contributed by atoms with Gasteiger partial charge in [-0.25, -0.2) is 4.98 Å². The van der Waals surface area contributed by atoms with Gasteiger partial charge in [-0.1, -0.05) is 0 Å². The predicted octanol–water partition coefficient (Wildman–Crippen LogP) is 1.43. The van der Waals surface area contributed by atoms with E-state index in [-0.39, 0.29) is 6.04 Å². The maximum Gasteiger partial charge on any atom is 0.213 e.